The van der Waals surface area contributed by atoms with Crippen molar-refractivity contribution in [3.8, 4) is 0 Å². The molecule has 2 aromatic heterocycles. The van der Waals surface area contributed by atoms with Crippen molar-refractivity contribution < 1.29 is 0 Å². The number of anilines is 2. The third-order valence-corrected chi connectivity index (χ3v) is 3.84. The highest BCUT2D eigenvalue weighted by Gasteiger charge is 2.17. The molecule has 2 aromatic rings. The van der Waals surface area contributed by atoms with Gasteiger partial charge in [-0.2, -0.15) is 5.10 Å². The van der Waals surface area contributed by atoms with Crippen LogP contribution in [0, 0.1) is 0 Å². The van der Waals surface area contributed by atoms with Gasteiger partial charge < -0.3 is 10.6 Å². The Morgan fingerprint density at radius 2 is 2.19 bits per heavy atom. The van der Waals surface area contributed by atoms with Crippen molar-refractivity contribution in [2.24, 2.45) is 0 Å². The smallest absolute Gasteiger partial charge is 0.153 e. The van der Waals surface area contributed by atoms with Gasteiger partial charge >= 0.3 is 0 Å². The largest absolute Gasteiger partial charge is 0.322 e. The van der Waals surface area contributed by atoms with Crippen LogP contribution in [-0.2, 0) is 0 Å². The van der Waals surface area contributed by atoms with Crippen LogP contribution in [-0.4, -0.2) is 33.3 Å². The van der Waals surface area contributed by atoms with Crippen LogP contribution in [0.25, 0.3) is 0 Å². The molecule has 0 amide bonds. The Labute approximate surface area is 124 Å². The zero-order valence-corrected chi connectivity index (χ0v) is 12.6. The highest BCUT2D eigenvalue weighted by atomic mass is 15.2. The van der Waals surface area contributed by atoms with Crippen molar-refractivity contribution in [3.63, 3.8) is 0 Å². The lowest BCUT2D eigenvalue weighted by Crippen LogP contribution is -2.29. The fourth-order valence-electron chi connectivity index (χ4n) is 2.57. The number of aromatic amines is 1. The summed E-state index contributed by atoms with van der Waals surface area (Å²) < 4.78 is 0. The summed E-state index contributed by atoms with van der Waals surface area (Å²) in [6, 6.07) is 2.02. The molecule has 0 aromatic carbocycles. The third-order valence-electron chi connectivity index (χ3n) is 3.84. The summed E-state index contributed by atoms with van der Waals surface area (Å²) in [5.41, 5.74) is 2.16. The first-order valence-electron chi connectivity index (χ1n) is 7.57. The van der Waals surface area contributed by atoms with E-state index in [-0.39, 0.29) is 0 Å². The summed E-state index contributed by atoms with van der Waals surface area (Å²) in [4.78, 5) is 8.99. The highest BCUT2D eigenvalue weighted by Crippen LogP contribution is 2.23. The molecular formula is C15H22N6. The fraction of sp³-hybridized carbons (Fsp3) is 0.533. The minimum atomic E-state index is 0.429. The highest BCUT2D eigenvalue weighted by molar-refractivity contribution is 5.51. The molecule has 3 heterocycles. The van der Waals surface area contributed by atoms with Gasteiger partial charge in [-0.3, -0.25) is 10.1 Å². The van der Waals surface area contributed by atoms with E-state index in [1.807, 2.05) is 12.3 Å². The molecule has 3 rings (SSSR count). The first kappa shape index (κ1) is 14.0. The average Bonchev–Trinajstić information content (AvgIpc) is 2.97. The molecule has 112 valence electrons. The maximum atomic E-state index is 4.68. The normalized spacial score (nSPS) is 18.9. The minimum Gasteiger partial charge on any atom is -0.322 e. The average molecular weight is 286 g/mol. The predicted molar refractivity (Wildman–Crippen MR) is 82.8 cm³/mol. The molecule has 1 aliphatic heterocycles. The fourth-order valence-corrected chi connectivity index (χ4v) is 2.57. The number of rotatable bonds is 4. The molecule has 6 heteroatoms. The maximum Gasteiger partial charge on any atom is 0.153 e. The molecule has 0 radical (unpaired) electrons. The Kier molecular flexibility index (Phi) is 4.15. The van der Waals surface area contributed by atoms with E-state index < -0.39 is 0 Å². The number of nitrogens with zero attached hydrogens (tertiary/aromatic N) is 3. The lowest BCUT2D eigenvalue weighted by molar-refractivity contribution is 0.454. The predicted octanol–water partition coefficient (Wildman–Crippen LogP) is 2.53. The van der Waals surface area contributed by atoms with Gasteiger partial charge in [0.05, 0.1) is 11.9 Å². The monoisotopic (exact) mass is 286 g/mol. The number of hydrogen-bond donors (Lipinski definition) is 3. The third kappa shape index (κ3) is 3.39. The van der Waals surface area contributed by atoms with E-state index in [1.165, 1.54) is 12.8 Å². The summed E-state index contributed by atoms with van der Waals surface area (Å²) in [5.74, 6) is 2.42. The van der Waals surface area contributed by atoms with Crippen molar-refractivity contribution in [2.75, 3.05) is 18.4 Å². The topological polar surface area (TPSA) is 78.5 Å². The molecule has 3 N–H and O–H groups in total. The van der Waals surface area contributed by atoms with Gasteiger partial charge in [-0.15, -0.1) is 0 Å². The molecule has 0 aliphatic carbocycles. The Hall–Kier alpha value is -1.95. The second-order valence-corrected chi connectivity index (χ2v) is 5.86. The van der Waals surface area contributed by atoms with Crippen molar-refractivity contribution in [1.29, 1.82) is 0 Å². The van der Waals surface area contributed by atoms with Crippen LogP contribution in [0.3, 0.4) is 0 Å². The number of aromatic nitrogens is 4. The molecule has 1 aliphatic rings. The van der Waals surface area contributed by atoms with Crippen molar-refractivity contribution in [3.05, 3.63) is 29.8 Å². The second-order valence-electron chi connectivity index (χ2n) is 5.86. The quantitative estimate of drug-likeness (QED) is 0.805. The Morgan fingerprint density at radius 3 is 2.90 bits per heavy atom. The number of nitrogens with one attached hydrogen (secondary N) is 3. The molecule has 1 atom stereocenters. The van der Waals surface area contributed by atoms with E-state index >= 15 is 0 Å². The van der Waals surface area contributed by atoms with Gasteiger partial charge in [0.1, 0.15) is 5.82 Å². The molecule has 0 bridgehead atoms. The molecule has 1 unspecified atom stereocenters. The van der Waals surface area contributed by atoms with Gasteiger partial charge in [-0.1, -0.05) is 13.8 Å². The van der Waals surface area contributed by atoms with Crippen LogP contribution >= 0.6 is 0 Å². The molecule has 1 saturated heterocycles. The van der Waals surface area contributed by atoms with Crippen molar-refractivity contribution in [1.82, 2.24) is 25.5 Å². The SMILES string of the molecule is CC(C)c1cc(Nc2cncc(C3CCCNC3)n2)n[nH]1. The molecule has 6 nitrogen and oxygen atoms in total. The van der Waals surface area contributed by atoms with Crippen LogP contribution in [0.5, 0.6) is 0 Å². The van der Waals surface area contributed by atoms with E-state index in [4.69, 9.17) is 0 Å². The molecule has 0 spiro atoms. The zero-order valence-electron chi connectivity index (χ0n) is 12.6. The lowest BCUT2D eigenvalue weighted by atomic mass is 9.96. The van der Waals surface area contributed by atoms with Crippen LogP contribution in [0.1, 0.15) is 49.9 Å². The van der Waals surface area contributed by atoms with E-state index in [0.717, 1.165) is 36.1 Å². The van der Waals surface area contributed by atoms with E-state index in [9.17, 15) is 0 Å². The summed E-state index contributed by atoms with van der Waals surface area (Å²) >= 11 is 0. The summed E-state index contributed by atoms with van der Waals surface area (Å²) in [6.45, 7) is 6.35. The van der Waals surface area contributed by atoms with E-state index in [0.29, 0.717) is 11.8 Å². The van der Waals surface area contributed by atoms with Crippen LogP contribution in [0.15, 0.2) is 18.5 Å². The maximum absolute atomic E-state index is 4.68. The number of hydrogen-bond acceptors (Lipinski definition) is 5. The zero-order chi connectivity index (χ0) is 14.7. The minimum absolute atomic E-state index is 0.429. The van der Waals surface area contributed by atoms with Gasteiger partial charge in [0, 0.05) is 30.4 Å². The van der Waals surface area contributed by atoms with E-state index in [1.54, 1.807) is 6.20 Å². The lowest BCUT2D eigenvalue weighted by Gasteiger charge is -2.22. The summed E-state index contributed by atoms with van der Waals surface area (Å²) in [6.07, 6.45) is 5.97. The van der Waals surface area contributed by atoms with Crippen LogP contribution < -0.4 is 10.6 Å². The van der Waals surface area contributed by atoms with Crippen LogP contribution in [0.2, 0.25) is 0 Å². The van der Waals surface area contributed by atoms with Gasteiger partial charge in [0.2, 0.25) is 0 Å². The summed E-state index contributed by atoms with van der Waals surface area (Å²) in [5, 5.41) is 13.9. The summed E-state index contributed by atoms with van der Waals surface area (Å²) in [7, 11) is 0. The number of piperidine rings is 1. The molecule has 21 heavy (non-hydrogen) atoms. The Bertz CT molecular complexity index is 585. The molecule has 0 saturated carbocycles. The Balaban J connectivity index is 1.72. The first-order chi connectivity index (χ1) is 10.2. The standard InChI is InChI=1S/C15H22N6/c1-10(2)12-6-14(21-20-12)19-15-9-17-8-13(18-15)11-4-3-5-16-7-11/h6,8-11,16H,3-5,7H2,1-2H3,(H2,18,19,20,21). The molecular weight excluding hydrogens is 264 g/mol. The van der Waals surface area contributed by atoms with Gasteiger partial charge in [-0.25, -0.2) is 4.98 Å². The first-order valence-corrected chi connectivity index (χ1v) is 7.57. The van der Waals surface area contributed by atoms with Gasteiger partial charge in [0.25, 0.3) is 0 Å². The van der Waals surface area contributed by atoms with Crippen LogP contribution in [0.4, 0.5) is 11.6 Å². The number of H-pyrrole nitrogens is 1. The van der Waals surface area contributed by atoms with Gasteiger partial charge in [0.15, 0.2) is 5.82 Å². The second kappa shape index (κ2) is 6.22. The van der Waals surface area contributed by atoms with E-state index in [2.05, 4.69) is 44.6 Å². The Morgan fingerprint density at radius 1 is 1.29 bits per heavy atom. The van der Waals surface area contributed by atoms with Gasteiger partial charge in [-0.05, 0) is 25.3 Å². The van der Waals surface area contributed by atoms with Crippen molar-refractivity contribution in [2.45, 2.75) is 38.5 Å². The molecule has 1 fully saturated rings. The van der Waals surface area contributed by atoms with Crippen molar-refractivity contribution >= 4 is 11.6 Å².